The van der Waals surface area contributed by atoms with Gasteiger partial charge in [0.1, 0.15) is 0 Å². The van der Waals surface area contributed by atoms with Crippen LogP contribution in [0.25, 0.3) is 0 Å². The zero-order valence-corrected chi connectivity index (χ0v) is 10.3. The number of likely N-dealkylation sites (tertiary alicyclic amines) is 1. The lowest BCUT2D eigenvalue weighted by Gasteiger charge is -2.22. The topological polar surface area (TPSA) is 3.24 Å². The molecule has 1 fully saturated rings. The van der Waals surface area contributed by atoms with E-state index in [1.807, 2.05) is 18.2 Å². The average Bonchev–Trinajstić information content (AvgIpc) is 2.70. The van der Waals surface area contributed by atoms with Crippen LogP contribution in [0.4, 0.5) is 0 Å². The zero-order valence-electron chi connectivity index (χ0n) is 9.53. The van der Waals surface area contributed by atoms with Crippen molar-refractivity contribution in [1.29, 1.82) is 0 Å². The molecular weight excluding hydrogens is 218 g/mol. The zero-order chi connectivity index (χ0) is 11.4. The van der Waals surface area contributed by atoms with Crippen molar-refractivity contribution in [1.82, 2.24) is 4.90 Å². The summed E-state index contributed by atoms with van der Waals surface area (Å²) in [4.78, 5) is 2.52. The summed E-state index contributed by atoms with van der Waals surface area (Å²) in [6.45, 7) is 6.04. The summed E-state index contributed by atoms with van der Waals surface area (Å²) in [5.74, 6) is 0. The van der Waals surface area contributed by atoms with Crippen molar-refractivity contribution in [3.63, 3.8) is 0 Å². The molecule has 1 aliphatic rings. The average molecular weight is 236 g/mol. The van der Waals surface area contributed by atoms with Crippen LogP contribution in [-0.4, -0.2) is 24.0 Å². The molecular formula is C14H18ClN. The first-order valence-electron chi connectivity index (χ1n) is 5.89. The molecule has 1 aromatic carbocycles. The number of rotatable bonds is 4. The minimum absolute atomic E-state index is 0.680. The summed E-state index contributed by atoms with van der Waals surface area (Å²) in [5.41, 5.74) is 1.38. The quantitative estimate of drug-likeness (QED) is 0.722. The van der Waals surface area contributed by atoms with Crippen molar-refractivity contribution in [3.05, 3.63) is 47.5 Å². The molecule has 1 unspecified atom stereocenters. The molecule has 0 aromatic heterocycles. The fourth-order valence-corrected chi connectivity index (χ4v) is 2.55. The van der Waals surface area contributed by atoms with Crippen LogP contribution in [-0.2, 0) is 6.42 Å². The maximum absolute atomic E-state index is 5.88. The lowest BCUT2D eigenvalue weighted by Crippen LogP contribution is -2.31. The van der Waals surface area contributed by atoms with Gasteiger partial charge in [0.05, 0.1) is 0 Å². The Kier molecular flexibility index (Phi) is 4.03. The molecule has 1 aromatic rings. The second kappa shape index (κ2) is 5.51. The summed E-state index contributed by atoms with van der Waals surface area (Å²) in [6.07, 6.45) is 5.74. The van der Waals surface area contributed by atoms with Crippen LogP contribution in [0.1, 0.15) is 18.4 Å². The van der Waals surface area contributed by atoms with E-state index < -0.39 is 0 Å². The first kappa shape index (κ1) is 11.7. The van der Waals surface area contributed by atoms with Gasteiger partial charge in [-0.2, -0.15) is 0 Å². The predicted molar refractivity (Wildman–Crippen MR) is 69.9 cm³/mol. The lowest BCUT2D eigenvalue weighted by molar-refractivity contribution is 0.279. The van der Waals surface area contributed by atoms with Crippen LogP contribution in [0, 0.1) is 0 Å². The Hall–Kier alpha value is -0.790. The third kappa shape index (κ3) is 2.87. The molecule has 1 aliphatic heterocycles. The van der Waals surface area contributed by atoms with Crippen LogP contribution >= 0.6 is 11.6 Å². The molecule has 0 spiro atoms. The summed E-state index contributed by atoms with van der Waals surface area (Å²) >= 11 is 5.88. The highest BCUT2D eigenvalue weighted by molar-refractivity contribution is 6.30. The van der Waals surface area contributed by atoms with Crippen LogP contribution in [0.2, 0.25) is 5.02 Å². The van der Waals surface area contributed by atoms with E-state index in [1.165, 1.54) is 24.9 Å². The van der Waals surface area contributed by atoms with E-state index in [4.69, 9.17) is 11.6 Å². The van der Waals surface area contributed by atoms with Gasteiger partial charge in [-0.3, -0.25) is 4.90 Å². The smallest absolute Gasteiger partial charge is 0.0406 e. The van der Waals surface area contributed by atoms with Crippen molar-refractivity contribution in [3.8, 4) is 0 Å². The molecule has 0 N–H and O–H groups in total. The molecule has 0 amide bonds. The fourth-order valence-electron chi connectivity index (χ4n) is 2.43. The van der Waals surface area contributed by atoms with Gasteiger partial charge in [-0.15, -0.1) is 6.58 Å². The second-order valence-corrected chi connectivity index (χ2v) is 4.85. The molecule has 0 saturated carbocycles. The van der Waals surface area contributed by atoms with Crippen molar-refractivity contribution in [2.45, 2.75) is 25.3 Å². The third-order valence-corrected chi connectivity index (χ3v) is 3.50. The van der Waals surface area contributed by atoms with Gasteiger partial charge in [0.15, 0.2) is 0 Å². The van der Waals surface area contributed by atoms with E-state index in [1.54, 1.807) is 0 Å². The SMILES string of the molecule is C=CCN1CCCC1Cc1ccc(Cl)cc1. The molecule has 0 radical (unpaired) electrons. The van der Waals surface area contributed by atoms with Gasteiger partial charge in [0.25, 0.3) is 0 Å². The van der Waals surface area contributed by atoms with Crippen molar-refractivity contribution in [2.24, 2.45) is 0 Å². The molecule has 2 rings (SSSR count). The molecule has 16 heavy (non-hydrogen) atoms. The minimum atomic E-state index is 0.680. The molecule has 1 atom stereocenters. The Balaban J connectivity index is 1.98. The van der Waals surface area contributed by atoms with Gasteiger partial charge >= 0.3 is 0 Å². The number of nitrogens with zero attached hydrogens (tertiary/aromatic N) is 1. The van der Waals surface area contributed by atoms with Gasteiger partial charge in [0, 0.05) is 17.6 Å². The maximum atomic E-state index is 5.88. The molecule has 1 saturated heterocycles. The minimum Gasteiger partial charge on any atom is -0.296 e. The Morgan fingerprint density at radius 3 is 2.81 bits per heavy atom. The summed E-state index contributed by atoms with van der Waals surface area (Å²) < 4.78 is 0. The second-order valence-electron chi connectivity index (χ2n) is 4.41. The molecule has 86 valence electrons. The summed E-state index contributed by atoms with van der Waals surface area (Å²) in [6, 6.07) is 8.89. The van der Waals surface area contributed by atoms with Crippen molar-refractivity contribution < 1.29 is 0 Å². The summed E-state index contributed by atoms with van der Waals surface area (Å²) in [7, 11) is 0. The number of hydrogen-bond donors (Lipinski definition) is 0. The van der Waals surface area contributed by atoms with Crippen LogP contribution < -0.4 is 0 Å². The Labute approximate surface area is 103 Å². The van der Waals surface area contributed by atoms with Crippen LogP contribution in [0.15, 0.2) is 36.9 Å². The number of benzene rings is 1. The monoisotopic (exact) mass is 235 g/mol. The van der Waals surface area contributed by atoms with Gasteiger partial charge in [-0.25, -0.2) is 0 Å². The first-order chi connectivity index (χ1) is 7.79. The van der Waals surface area contributed by atoms with E-state index in [-0.39, 0.29) is 0 Å². The van der Waals surface area contributed by atoms with Crippen LogP contribution in [0.5, 0.6) is 0 Å². The highest BCUT2D eigenvalue weighted by Gasteiger charge is 2.23. The highest BCUT2D eigenvalue weighted by Crippen LogP contribution is 2.21. The number of hydrogen-bond acceptors (Lipinski definition) is 1. The van der Waals surface area contributed by atoms with E-state index in [0.717, 1.165) is 18.0 Å². The lowest BCUT2D eigenvalue weighted by atomic mass is 10.0. The van der Waals surface area contributed by atoms with Gasteiger partial charge in [-0.05, 0) is 43.5 Å². The maximum Gasteiger partial charge on any atom is 0.0406 e. The van der Waals surface area contributed by atoms with Crippen molar-refractivity contribution in [2.75, 3.05) is 13.1 Å². The van der Waals surface area contributed by atoms with E-state index in [9.17, 15) is 0 Å². The molecule has 0 aliphatic carbocycles. The van der Waals surface area contributed by atoms with Gasteiger partial charge in [0.2, 0.25) is 0 Å². The first-order valence-corrected chi connectivity index (χ1v) is 6.27. The standard InChI is InChI=1S/C14H18ClN/c1-2-9-16-10-3-4-14(16)11-12-5-7-13(15)8-6-12/h2,5-8,14H,1,3-4,9-11H2. The van der Waals surface area contributed by atoms with E-state index >= 15 is 0 Å². The van der Waals surface area contributed by atoms with Crippen molar-refractivity contribution >= 4 is 11.6 Å². The molecule has 1 nitrogen and oxygen atoms in total. The normalized spacial score (nSPS) is 21.2. The number of halogens is 1. The van der Waals surface area contributed by atoms with Gasteiger partial charge in [-0.1, -0.05) is 29.8 Å². The van der Waals surface area contributed by atoms with Gasteiger partial charge < -0.3 is 0 Å². The highest BCUT2D eigenvalue weighted by atomic mass is 35.5. The molecule has 2 heteroatoms. The molecule has 1 heterocycles. The Bertz CT molecular complexity index is 344. The van der Waals surface area contributed by atoms with E-state index in [0.29, 0.717) is 6.04 Å². The Morgan fingerprint density at radius 2 is 2.12 bits per heavy atom. The van der Waals surface area contributed by atoms with Crippen LogP contribution in [0.3, 0.4) is 0 Å². The molecule has 0 bridgehead atoms. The summed E-state index contributed by atoms with van der Waals surface area (Å²) in [5, 5.41) is 0.818. The van der Waals surface area contributed by atoms with E-state index in [2.05, 4.69) is 23.6 Å². The largest absolute Gasteiger partial charge is 0.296 e. The predicted octanol–water partition coefficient (Wildman–Crippen LogP) is 3.53. The fraction of sp³-hybridized carbons (Fsp3) is 0.429. The Morgan fingerprint density at radius 1 is 1.38 bits per heavy atom. The third-order valence-electron chi connectivity index (χ3n) is 3.25.